The average Bonchev–Trinajstić information content (AvgIpc) is 2.47. The van der Waals surface area contributed by atoms with Crippen LogP contribution in [0.25, 0.3) is 0 Å². The highest BCUT2D eigenvalue weighted by atomic mass is 16.4. The fraction of sp³-hybridized carbons (Fsp3) is 0.250. The van der Waals surface area contributed by atoms with Crippen LogP contribution in [-0.4, -0.2) is 27.5 Å². The van der Waals surface area contributed by atoms with Gasteiger partial charge in [0, 0.05) is 43.5 Å². The molecule has 0 radical (unpaired) electrons. The van der Waals surface area contributed by atoms with Gasteiger partial charge in [-0.25, -0.2) is 4.79 Å². The summed E-state index contributed by atoms with van der Waals surface area (Å²) in [7, 11) is 0. The Bertz CT molecular complexity index is 626. The van der Waals surface area contributed by atoms with Crippen LogP contribution in [0.1, 0.15) is 27.2 Å². The summed E-state index contributed by atoms with van der Waals surface area (Å²) in [5, 5.41) is 9.27. The van der Waals surface area contributed by atoms with Crippen molar-refractivity contribution in [3.63, 3.8) is 0 Å². The number of pyridine rings is 1. The van der Waals surface area contributed by atoms with Crippen LogP contribution >= 0.6 is 0 Å². The number of carbonyl (C=O) groups is 1. The molecule has 1 aromatic heterocycles. The number of fused-ring (bicyclic) bond motifs is 1. The lowest BCUT2D eigenvalue weighted by atomic mass is 9.99. The fourth-order valence-corrected chi connectivity index (χ4v) is 2.67. The number of carboxylic acid groups (broad SMARTS) is 1. The van der Waals surface area contributed by atoms with Crippen LogP contribution in [-0.2, 0) is 19.5 Å². The van der Waals surface area contributed by atoms with Gasteiger partial charge in [0.2, 0.25) is 0 Å². The molecule has 4 heteroatoms. The van der Waals surface area contributed by atoms with Gasteiger partial charge in [0.05, 0.1) is 5.56 Å². The second kappa shape index (κ2) is 5.43. The van der Waals surface area contributed by atoms with Crippen molar-refractivity contribution in [3.8, 4) is 0 Å². The van der Waals surface area contributed by atoms with Crippen LogP contribution in [0, 0.1) is 0 Å². The molecular formula is C16H16N2O2. The molecule has 1 aliphatic heterocycles. The first-order valence-electron chi connectivity index (χ1n) is 6.70. The quantitative estimate of drug-likeness (QED) is 0.928. The van der Waals surface area contributed by atoms with Gasteiger partial charge in [0.25, 0.3) is 0 Å². The van der Waals surface area contributed by atoms with Gasteiger partial charge in [0.1, 0.15) is 0 Å². The lowest BCUT2D eigenvalue weighted by molar-refractivity contribution is 0.0693. The Kier molecular flexibility index (Phi) is 3.48. The second-order valence-electron chi connectivity index (χ2n) is 5.04. The number of rotatable bonds is 3. The summed E-state index contributed by atoms with van der Waals surface area (Å²) in [5.74, 6) is -0.870. The number of carboxylic acids is 1. The van der Waals surface area contributed by atoms with Gasteiger partial charge in [-0.1, -0.05) is 30.3 Å². The van der Waals surface area contributed by atoms with E-state index >= 15 is 0 Å². The lowest BCUT2D eigenvalue weighted by Crippen LogP contribution is -2.32. The van der Waals surface area contributed by atoms with Crippen molar-refractivity contribution in [2.45, 2.75) is 19.5 Å². The molecule has 0 unspecified atom stereocenters. The Balaban J connectivity index is 1.82. The zero-order valence-electron chi connectivity index (χ0n) is 11.1. The molecule has 1 aliphatic rings. The molecule has 2 aromatic rings. The number of benzene rings is 1. The summed E-state index contributed by atoms with van der Waals surface area (Å²) in [4.78, 5) is 17.9. The smallest absolute Gasteiger partial charge is 0.336 e. The van der Waals surface area contributed by atoms with E-state index in [0.29, 0.717) is 12.1 Å². The van der Waals surface area contributed by atoms with E-state index in [1.165, 1.54) is 5.56 Å². The van der Waals surface area contributed by atoms with E-state index < -0.39 is 5.97 Å². The molecule has 0 saturated carbocycles. The zero-order valence-corrected chi connectivity index (χ0v) is 11.1. The van der Waals surface area contributed by atoms with E-state index in [1.54, 1.807) is 12.3 Å². The number of aromatic nitrogens is 1. The Morgan fingerprint density at radius 2 is 2.05 bits per heavy atom. The van der Waals surface area contributed by atoms with E-state index in [9.17, 15) is 9.90 Å². The van der Waals surface area contributed by atoms with Gasteiger partial charge >= 0.3 is 5.97 Å². The van der Waals surface area contributed by atoms with Crippen molar-refractivity contribution in [1.29, 1.82) is 0 Å². The third-order valence-electron chi connectivity index (χ3n) is 3.67. The molecule has 1 aromatic carbocycles. The van der Waals surface area contributed by atoms with Crippen LogP contribution in [0.15, 0.2) is 42.6 Å². The predicted octanol–water partition coefficient (Wildman–Crippen LogP) is 2.34. The highest BCUT2D eigenvalue weighted by molar-refractivity contribution is 5.89. The second-order valence-corrected chi connectivity index (χ2v) is 5.04. The van der Waals surface area contributed by atoms with Crippen LogP contribution < -0.4 is 0 Å². The summed E-state index contributed by atoms with van der Waals surface area (Å²) in [5.41, 5.74) is 3.42. The maximum Gasteiger partial charge on any atom is 0.336 e. The first-order chi connectivity index (χ1) is 9.74. The van der Waals surface area contributed by atoms with Gasteiger partial charge in [-0.2, -0.15) is 0 Å². The SMILES string of the molecule is O=C(O)c1ccnc2c1CN(Cc1ccccc1)CC2. The van der Waals surface area contributed by atoms with Gasteiger partial charge in [-0.05, 0) is 11.6 Å². The molecule has 0 amide bonds. The van der Waals surface area contributed by atoms with E-state index in [4.69, 9.17) is 0 Å². The lowest BCUT2D eigenvalue weighted by Gasteiger charge is -2.28. The Morgan fingerprint density at radius 3 is 2.80 bits per heavy atom. The molecule has 2 heterocycles. The molecule has 0 atom stereocenters. The summed E-state index contributed by atoms with van der Waals surface area (Å²) < 4.78 is 0. The molecule has 0 aliphatic carbocycles. The molecule has 3 rings (SSSR count). The molecule has 0 spiro atoms. The largest absolute Gasteiger partial charge is 0.478 e. The zero-order chi connectivity index (χ0) is 13.9. The summed E-state index contributed by atoms with van der Waals surface area (Å²) in [6.45, 7) is 2.41. The number of hydrogen-bond acceptors (Lipinski definition) is 3. The third kappa shape index (κ3) is 2.56. The van der Waals surface area contributed by atoms with Crippen molar-refractivity contribution < 1.29 is 9.90 Å². The maximum atomic E-state index is 11.3. The van der Waals surface area contributed by atoms with E-state index in [2.05, 4.69) is 22.0 Å². The predicted molar refractivity (Wildman–Crippen MR) is 75.5 cm³/mol. The summed E-state index contributed by atoms with van der Waals surface area (Å²) in [6.07, 6.45) is 2.40. The highest BCUT2D eigenvalue weighted by Crippen LogP contribution is 2.22. The standard InChI is InChI=1S/C16H16N2O2/c19-16(20)13-6-8-17-15-7-9-18(11-14(13)15)10-12-4-2-1-3-5-12/h1-6,8H,7,9-11H2,(H,19,20). The minimum atomic E-state index is -0.870. The molecule has 20 heavy (non-hydrogen) atoms. The molecule has 0 bridgehead atoms. The van der Waals surface area contributed by atoms with Crippen LogP contribution in [0.4, 0.5) is 0 Å². The number of nitrogens with zero attached hydrogens (tertiary/aromatic N) is 2. The number of aromatic carboxylic acids is 1. The van der Waals surface area contributed by atoms with Crippen molar-refractivity contribution in [1.82, 2.24) is 9.88 Å². The summed E-state index contributed by atoms with van der Waals surface area (Å²) in [6, 6.07) is 11.8. The topological polar surface area (TPSA) is 53.4 Å². The van der Waals surface area contributed by atoms with E-state index in [-0.39, 0.29) is 0 Å². The van der Waals surface area contributed by atoms with Crippen molar-refractivity contribution in [2.24, 2.45) is 0 Å². The first-order valence-corrected chi connectivity index (χ1v) is 6.70. The van der Waals surface area contributed by atoms with Gasteiger partial charge in [-0.15, -0.1) is 0 Å². The van der Waals surface area contributed by atoms with Gasteiger partial charge in [-0.3, -0.25) is 9.88 Å². The highest BCUT2D eigenvalue weighted by Gasteiger charge is 2.22. The van der Waals surface area contributed by atoms with Crippen LogP contribution in [0.3, 0.4) is 0 Å². The molecule has 0 fully saturated rings. The van der Waals surface area contributed by atoms with Crippen LogP contribution in [0.2, 0.25) is 0 Å². The molecule has 0 saturated heterocycles. The monoisotopic (exact) mass is 268 g/mol. The van der Waals surface area contributed by atoms with E-state index in [1.807, 2.05) is 18.2 Å². The number of hydrogen-bond donors (Lipinski definition) is 1. The van der Waals surface area contributed by atoms with Crippen molar-refractivity contribution in [3.05, 3.63) is 65.0 Å². The minimum absolute atomic E-state index is 0.382. The van der Waals surface area contributed by atoms with Gasteiger partial charge < -0.3 is 5.11 Å². The molecule has 1 N–H and O–H groups in total. The molecule has 102 valence electrons. The van der Waals surface area contributed by atoms with E-state index in [0.717, 1.165) is 30.8 Å². The first kappa shape index (κ1) is 12.8. The third-order valence-corrected chi connectivity index (χ3v) is 3.67. The summed E-state index contributed by atoms with van der Waals surface area (Å²) >= 11 is 0. The van der Waals surface area contributed by atoms with Crippen molar-refractivity contribution >= 4 is 5.97 Å². The molecule has 4 nitrogen and oxygen atoms in total. The van der Waals surface area contributed by atoms with Gasteiger partial charge in [0.15, 0.2) is 0 Å². The van der Waals surface area contributed by atoms with Crippen LogP contribution in [0.5, 0.6) is 0 Å². The Hall–Kier alpha value is -2.20. The Morgan fingerprint density at radius 1 is 1.25 bits per heavy atom. The minimum Gasteiger partial charge on any atom is -0.478 e. The average molecular weight is 268 g/mol. The fourth-order valence-electron chi connectivity index (χ4n) is 2.67. The normalized spacial score (nSPS) is 14.8. The maximum absolute atomic E-state index is 11.3. The van der Waals surface area contributed by atoms with Crippen molar-refractivity contribution in [2.75, 3.05) is 6.54 Å². The Labute approximate surface area is 117 Å². The molecular weight excluding hydrogens is 252 g/mol.